The number of fused-ring (bicyclic) bond motifs is 1. The Balaban J connectivity index is 1.35. The van der Waals surface area contributed by atoms with Crippen LogP contribution in [0.25, 0.3) is 0 Å². The van der Waals surface area contributed by atoms with Crippen LogP contribution in [0.3, 0.4) is 0 Å². The van der Waals surface area contributed by atoms with E-state index in [1.165, 1.54) is 0 Å². The molecule has 5 atom stereocenters. The molecule has 0 aromatic heterocycles. The summed E-state index contributed by atoms with van der Waals surface area (Å²) in [6, 6.07) is 12.1. The second-order valence-corrected chi connectivity index (χ2v) is 10.8. The number of aliphatic hydroxyl groups excluding tert-OH is 2. The van der Waals surface area contributed by atoms with Gasteiger partial charge in [-0.1, -0.05) is 42.5 Å². The third kappa shape index (κ3) is 4.34. The van der Waals surface area contributed by atoms with E-state index in [9.17, 15) is 24.9 Å². The van der Waals surface area contributed by atoms with Crippen molar-refractivity contribution in [3.8, 4) is 5.75 Å². The van der Waals surface area contributed by atoms with Gasteiger partial charge in [-0.05, 0) is 51.1 Å². The highest BCUT2D eigenvalue weighted by Crippen LogP contribution is 2.61. The molecule has 9 nitrogen and oxygen atoms in total. The number of likely N-dealkylation sites (N-methyl/N-ethyl adjacent to an activating group) is 1. The van der Waals surface area contributed by atoms with E-state index >= 15 is 0 Å². The van der Waals surface area contributed by atoms with Gasteiger partial charge in [0.25, 0.3) is 5.91 Å². The fourth-order valence-electron chi connectivity index (χ4n) is 6.55. The lowest BCUT2D eigenvalue weighted by Gasteiger charge is -2.58. The van der Waals surface area contributed by atoms with Crippen LogP contribution < -0.4 is 10.1 Å². The van der Waals surface area contributed by atoms with Gasteiger partial charge < -0.3 is 35.0 Å². The smallest absolute Gasteiger partial charge is 0.312 e. The predicted octanol–water partition coefficient (Wildman–Crippen LogP) is 2.01. The number of amides is 1. The summed E-state index contributed by atoms with van der Waals surface area (Å²) in [4.78, 5) is 27.4. The Bertz CT molecular complexity index is 1300. The number of hydrogen-bond acceptors (Lipinski definition) is 8. The van der Waals surface area contributed by atoms with Crippen LogP contribution in [0.2, 0.25) is 0 Å². The Hall–Kier alpha value is -3.24. The number of aryl methyl sites for hydroxylation is 1. The Labute approximate surface area is 228 Å². The summed E-state index contributed by atoms with van der Waals surface area (Å²) in [5.74, 6) is -0.284. The summed E-state index contributed by atoms with van der Waals surface area (Å²) in [6.07, 6.45) is 0.396. The molecule has 1 aliphatic carbocycles. The second-order valence-electron chi connectivity index (χ2n) is 10.8. The van der Waals surface area contributed by atoms with Crippen molar-refractivity contribution in [1.82, 2.24) is 10.2 Å². The molecule has 0 saturated carbocycles. The highest BCUT2D eigenvalue weighted by molar-refractivity contribution is 5.82. The van der Waals surface area contributed by atoms with Gasteiger partial charge >= 0.3 is 5.97 Å². The predicted molar refractivity (Wildman–Crippen MR) is 143 cm³/mol. The lowest BCUT2D eigenvalue weighted by atomic mass is 9.54. The van der Waals surface area contributed by atoms with E-state index < -0.39 is 35.1 Å². The minimum Gasteiger partial charge on any atom is -0.481 e. The highest BCUT2D eigenvalue weighted by Gasteiger charge is 2.69. The molecule has 208 valence electrons. The summed E-state index contributed by atoms with van der Waals surface area (Å²) in [7, 11) is 1.99. The molecule has 1 fully saturated rings. The maximum absolute atomic E-state index is 12.9. The first-order valence-corrected chi connectivity index (χ1v) is 13.4. The SMILES string of the molecule is Cc1ccc(CO)c2c1[C@]13CCN(C)[C@H](C)[C@]1(O)CC=C(OC(=O)CCNC(=O)[C@@H](O)c1ccccc1)[C@@H]3O2. The molecule has 9 heteroatoms. The number of carbonyl (C=O) groups is 2. The van der Waals surface area contributed by atoms with Crippen LogP contribution in [0.4, 0.5) is 0 Å². The standard InChI is InChI=1S/C30H36N2O7/c1-18-9-10-21(17-33)26-24(18)29-14-16-32(3)19(2)30(29,37)13-11-22(27(29)39-26)38-23(34)12-15-31-28(36)25(35)20-7-5-4-6-8-20/h4-11,19,25,27,33,35,37H,12-17H2,1-3H3,(H,31,36)/t19-,25+,27+,29+,30-/m1/s1. The number of carbonyl (C=O) groups excluding carboxylic acids is 2. The lowest BCUT2D eigenvalue weighted by molar-refractivity contribution is -0.161. The van der Waals surface area contributed by atoms with Gasteiger partial charge in [0.05, 0.1) is 24.0 Å². The van der Waals surface area contributed by atoms with E-state index in [1.54, 1.807) is 36.4 Å². The van der Waals surface area contributed by atoms with Crippen molar-refractivity contribution in [1.29, 1.82) is 0 Å². The molecule has 0 unspecified atom stereocenters. The Morgan fingerprint density at radius 2 is 1.97 bits per heavy atom. The molecule has 5 rings (SSSR count). The summed E-state index contributed by atoms with van der Waals surface area (Å²) in [5, 5.41) is 35.1. The molecule has 2 aliphatic heterocycles. The highest BCUT2D eigenvalue weighted by atomic mass is 16.6. The van der Waals surface area contributed by atoms with E-state index in [0.29, 0.717) is 35.6 Å². The summed E-state index contributed by atoms with van der Waals surface area (Å²) in [5.41, 5.74) is 0.857. The third-order valence-electron chi connectivity index (χ3n) is 8.83. The quantitative estimate of drug-likeness (QED) is 0.396. The van der Waals surface area contributed by atoms with E-state index in [4.69, 9.17) is 9.47 Å². The van der Waals surface area contributed by atoms with Crippen molar-refractivity contribution in [2.24, 2.45) is 0 Å². The average Bonchev–Trinajstić information content (AvgIpc) is 3.30. The fourth-order valence-corrected chi connectivity index (χ4v) is 6.55. The zero-order chi connectivity index (χ0) is 27.9. The molecule has 1 spiro atoms. The molecule has 39 heavy (non-hydrogen) atoms. The molecule has 1 saturated heterocycles. The first-order chi connectivity index (χ1) is 18.6. The fraction of sp³-hybridized carbons (Fsp3) is 0.467. The molecular weight excluding hydrogens is 500 g/mol. The Morgan fingerprint density at radius 3 is 2.69 bits per heavy atom. The van der Waals surface area contributed by atoms with Crippen molar-refractivity contribution < 1.29 is 34.4 Å². The third-order valence-corrected chi connectivity index (χ3v) is 8.83. The summed E-state index contributed by atoms with van der Waals surface area (Å²) >= 11 is 0. The molecule has 3 aliphatic rings. The minimum absolute atomic E-state index is 0.00866. The van der Waals surface area contributed by atoms with E-state index in [-0.39, 0.29) is 32.0 Å². The summed E-state index contributed by atoms with van der Waals surface area (Å²) in [6.45, 7) is 4.46. The number of likely N-dealkylation sites (tertiary alicyclic amines) is 1. The number of nitrogens with one attached hydrogen (secondary N) is 1. The molecular formula is C30H36N2O7. The van der Waals surface area contributed by atoms with Gasteiger partial charge in [0.2, 0.25) is 0 Å². The first kappa shape index (κ1) is 27.3. The second kappa shape index (κ2) is 10.4. The molecule has 2 aromatic carbocycles. The molecule has 0 radical (unpaired) electrons. The van der Waals surface area contributed by atoms with E-state index in [2.05, 4.69) is 10.2 Å². The van der Waals surface area contributed by atoms with Gasteiger partial charge in [0.1, 0.15) is 11.5 Å². The maximum Gasteiger partial charge on any atom is 0.312 e. The van der Waals surface area contributed by atoms with Crippen LogP contribution in [0.1, 0.15) is 54.5 Å². The zero-order valence-corrected chi connectivity index (χ0v) is 22.5. The van der Waals surface area contributed by atoms with Gasteiger partial charge in [0.15, 0.2) is 12.2 Å². The van der Waals surface area contributed by atoms with Gasteiger partial charge in [-0.2, -0.15) is 0 Å². The van der Waals surface area contributed by atoms with E-state index in [1.807, 2.05) is 33.0 Å². The van der Waals surface area contributed by atoms with Crippen LogP contribution in [-0.4, -0.2) is 70.0 Å². The summed E-state index contributed by atoms with van der Waals surface area (Å²) < 4.78 is 12.3. The zero-order valence-electron chi connectivity index (χ0n) is 22.5. The number of aliphatic hydroxyl groups is 3. The van der Waals surface area contributed by atoms with Crippen LogP contribution in [-0.2, 0) is 26.3 Å². The Kier molecular flexibility index (Phi) is 7.28. The number of esters is 1. The topological polar surface area (TPSA) is 129 Å². The van der Waals surface area contributed by atoms with Crippen molar-refractivity contribution in [2.45, 2.75) is 69.0 Å². The maximum atomic E-state index is 12.9. The van der Waals surface area contributed by atoms with Crippen LogP contribution in [0.15, 0.2) is 54.3 Å². The van der Waals surface area contributed by atoms with Crippen LogP contribution in [0, 0.1) is 6.92 Å². The van der Waals surface area contributed by atoms with Crippen molar-refractivity contribution in [3.05, 3.63) is 76.6 Å². The number of ether oxygens (including phenoxy) is 2. The van der Waals surface area contributed by atoms with Gasteiger partial charge in [0, 0.05) is 30.1 Å². The minimum atomic E-state index is -1.33. The van der Waals surface area contributed by atoms with Gasteiger partial charge in [-0.3, -0.25) is 9.59 Å². The first-order valence-electron chi connectivity index (χ1n) is 13.4. The van der Waals surface area contributed by atoms with Gasteiger partial charge in [-0.15, -0.1) is 0 Å². The lowest BCUT2D eigenvalue weighted by Crippen LogP contribution is -2.71. The van der Waals surface area contributed by atoms with Crippen molar-refractivity contribution in [2.75, 3.05) is 20.1 Å². The molecule has 0 bridgehead atoms. The number of rotatable bonds is 7. The van der Waals surface area contributed by atoms with Crippen molar-refractivity contribution in [3.63, 3.8) is 0 Å². The average molecular weight is 537 g/mol. The number of benzene rings is 2. The van der Waals surface area contributed by atoms with Crippen LogP contribution in [0.5, 0.6) is 5.75 Å². The molecule has 4 N–H and O–H groups in total. The Morgan fingerprint density at radius 1 is 1.23 bits per heavy atom. The number of hydrogen-bond donors (Lipinski definition) is 4. The van der Waals surface area contributed by atoms with E-state index in [0.717, 1.165) is 11.1 Å². The normalized spacial score (nSPS) is 28.3. The largest absolute Gasteiger partial charge is 0.481 e. The molecule has 1 amide bonds. The van der Waals surface area contributed by atoms with Crippen molar-refractivity contribution >= 4 is 11.9 Å². The number of nitrogens with zero attached hydrogens (tertiary/aromatic N) is 1. The monoisotopic (exact) mass is 536 g/mol. The molecule has 2 aromatic rings. The van der Waals surface area contributed by atoms with Gasteiger partial charge in [-0.25, -0.2) is 0 Å². The number of piperidine rings is 1. The van der Waals surface area contributed by atoms with Crippen LogP contribution >= 0.6 is 0 Å². The molecule has 2 heterocycles.